The van der Waals surface area contributed by atoms with E-state index in [0.29, 0.717) is 22.0 Å². The summed E-state index contributed by atoms with van der Waals surface area (Å²) in [6.45, 7) is 4.60. The molecule has 34 heavy (non-hydrogen) atoms. The van der Waals surface area contributed by atoms with E-state index in [9.17, 15) is 18.0 Å². The Morgan fingerprint density at radius 1 is 1.12 bits per heavy atom. The topological polar surface area (TPSA) is 69.0 Å². The van der Waals surface area contributed by atoms with E-state index in [1.165, 1.54) is 11.6 Å². The molecular weight excluding hydrogens is 469 g/mol. The molecule has 4 aromatic rings. The van der Waals surface area contributed by atoms with Crippen LogP contribution in [0.4, 0.5) is 18.9 Å². The van der Waals surface area contributed by atoms with Crippen LogP contribution in [0.5, 0.6) is 5.88 Å². The van der Waals surface area contributed by atoms with E-state index < -0.39 is 24.3 Å². The van der Waals surface area contributed by atoms with Crippen molar-refractivity contribution in [3.8, 4) is 11.6 Å². The molecule has 1 N–H and O–H groups in total. The molecule has 0 saturated carbocycles. The van der Waals surface area contributed by atoms with Gasteiger partial charge in [0.05, 0.1) is 22.3 Å². The van der Waals surface area contributed by atoms with Gasteiger partial charge in [-0.05, 0) is 50.6 Å². The van der Waals surface area contributed by atoms with E-state index in [1.54, 1.807) is 37.3 Å². The number of pyridine rings is 1. The molecule has 0 unspecified atom stereocenters. The first kappa shape index (κ1) is 23.6. The van der Waals surface area contributed by atoms with Crippen molar-refractivity contribution in [1.29, 1.82) is 0 Å². The molecule has 0 atom stereocenters. The summed E-state index contributed by atoms with van der Waals surface area (Å²) in [6, 6.07) is 12.9. The predicted octanol–water partition coefficient (Wildman–Crippen LogP) is 6.04. The maximum Gasteiger partial charge on any atom is 0.417 e. The summed E-state index contributed by atoms with van der Waals surface area (Å²) in [7, 11) is 0. The SMILES string of the molecule is Cc1ccc(NC(=O)COc2cc(C(F)(F)F)c3c(C)nn(-c4cccc(Cl)c4C)c3n2)cc1. The van der Waals surface area contributed by atoms with Crippen LogP contribution in [0.15, 0.2) is 48.5 Å². The number of ether oxygens (including phenoxy) is 1. The molecule has 0 aliphatic carbocycles. The number of hydrogen-bond acceptors (Lipinski definition) is 4. The Kier molecular flexibility index (Phi) is 6.22. The van der Waals surface area contributed by atoms with Gasteiger partial charge >= 0.3 is 6.18 Å². The second-order valence-electron chi connectivity index (χ2n) is 7.79. The molecule has 0 aliphatic rings. The van der Waals surface area contributed by atoms with Crippen molar-refractivity contribution in [2.24, 2.45) is 0 Å². The van der Waals surface area contributed by atoms with Crippen LogP contribution in [-0.2, 0) is 11.0 Å². The number of fused-ring (bicyclic) bond motifs is 1. The van der Waals surface area contributed by atoms with E-state index >= 15 is 0 Å². The number of rotatable bonds is 5. The average molecular weight is 489 g/mol. The lowest BCUT2D eigenvalue weighted by molar-refractivity contribution is -0.136. The van der Waals surface area contributed by atoms with E-state index in [-0.39, 0.29) is 22.6 Å². The van der Waals surface area contributed by atoms with E-state index in [0.717, 1.165) is 11.6 Å². The van der Waals surface area contributed by atoms with Crippen molar-refractivity contribution in [2.45, 2.75) is 26.9 Å². The highest BCUT2D eigenvalue weighted by atomic mass is 35.5. The van der Waals surface area contributed by atoms with Gasteiger partial charge in [0.25, 0.3) is 5.91 Å². The number of nitrogens with one attached hydrogen (secondary N) is 1. The fourth-order valence-corrected chi connectivity index (χ4v) is 3.70. The number of aromatic nitrogens is 3. The number of benzene rings is 2. The fourth-order valence-electron chi connectivity index (χ4n) is 3.53. The molecule has 6 nitrogen and oxygen atoms in total. The Balaban J connectivity index is 1.72. The Morgan fingerprint density at radius 3 is 2.50 bits per heavy atom. The molecule has 0 radical (unpaired) electrons. The van der Waals surface area contributed by atoms with Gasteiger partial charge in [0.15, 0.2) is 12.3 Å². The lowest BCUT2D eigenvalue weighted by atomic mass is 10.1. The molecular formula is C24H20ClF3N4O2. The normalized spacial score (nSPS) is 11.6. The zero-order valence-electron chi connectivity index (χ0n) is 18.5. The number of carbonyl (C=O) groups excluding carboxylic acids is 1. The highest BCUT2D eigenvalue weighted by Gasteiger charge is 2.36. The lowest BCUT2D eigenvalue weighted by Crippen LogP contribution is -2.20. The molecule has 0 aliphatic heterocycles. The minimum absolute atomic E-state index is 0.0494. The largest absolute Gasteiger partial charge is 0.467 e. The van der Waals surface area contributed by atoms with Gasteiger partial charge in [0.2, 0.25) is 5.88 Å². The molecule has 0 spiro atoms. The second-order valence-corrected chi connectivity index (χ2v) is 8.20. The number of amides is 1. The maximum absolute atomic E-state index is 13.9. The van der Waals surface area contributed by atoms with E-state index in [4.69, 9.17) is 16.3 Å². The molecule has 2 aromatic heterocycles. The van der Waals surface area contributed by atoms with Crippen LogP contribution in [0, 0.1) is 20.8 Å². The van der Waals surface area contributed by atoms with Gasteiger partial charge in [0.1, 0.15) is 0 Å². The zero-order valence-corrected chi connectivity index (χ0v) is 19.3. The minimum atomic E-state index is -4.69. The van der Waals surface area contributed by atoms with Crippen LogP contribution in [0.3, 0.4) is 0 Å². The fraction of sp³-hybridized carbons (Fsp3) is 0.208. The minimum Gasteiger partial charge on any atom is -0.467 e. The summed E-state index contributed by atoms with van der Waals surface area (Å²) in [4.78, 5) is 16.5. The molecule has 2 aromatic carbocycles. The Labute approximate surface area is 198 Å². The summed E-state index contributed by atoms with van der Waals surface area (Å²) >= 11 is 6.21. The monoisotopic (exact) mass is 488 g/mol. The van der Waals surface area contributed by atoms with Gasteiger partial charge in [-0.25, -0.2) is 4.68 Å². The van der Waals surface area contributed by atoms with Crippen LogP contribution in [-0.4, -0.2) is 27.3 Å². The summed E-state index contributed by atoms with van der Waals surface area (Å²) in [5.74, 6) is -0.880. The van der Waals surface area contributed by atoms with Crippen LogP contribution < -0.4 is 10.1 Å². The summed E-state index contributed by atoms with van der Waals surface area (Å²) in [5.41, 5.74) is 1.84. The van der Waals surface area contributed by atoms with Gasteiger partial charge < -0.3 is 10.1 Å². The smallest absolute Gasteiger partial charge is 0.417 e. The number of hydrogen-bond donors (Lipinski definition) is 1. The summed E-state index contributed by atoms with van der Waals surface area (Å²) in [5, 5.41) is 7.22. The van der Waals surface area contributed by atoms with Gasteiger partial charge in [-0.2, -0.15) is 23.3 Å². The molecule has 0 fully saturated rings. The first-order valence-corrected chi connectivity index (χ1v) is 10.6. The summed E-state index contributed by atoms with van der Waals surface area (Å²) < 4.78 is 48.5. The van der Waals surface area contributed by atoms with Crippen molar-refractivity contribution < 1.29 is 22.7 Å². The van der Waals surface area contributed by atoms with Crippen molar-refractivity contribution >= 4 is 34.2 Å². The van der Waals surface area contributed by atoms with Gasteiger partial charge in [-0.15, -0.1) is 0 Å². The van der Waals surface area contributed by atoms with Gasteiger partial charge in [-0.3, -0.25) is 4.79 Å². The molecule has 0 bridgehead atoms. The second kappa shape index (κ2) is 8.98. The Bertz CT molecular complexity index is 1380. The van der Waals surface area contributed by atoms with Crippen molar-refractivity contribution in [3.63, 3.8) is 0 Å². The lowest BCUT2D eigenvalue weighted by Gasteiger charge is -2.13. The van der Waals surface area contributed by atoms with Crippen molar-refractivity contribution in [1.82, 2.24) is 14.8 Å². The van der Waals surface area contributed by atoms with Crippen LogP contribution in [0.1, 0.15) is 22.4 Å². The number of aryl methyl sites for hydroxylation is 2. The predicted molar refractivity (Wildman–Crippen MR) is 124 cm³/mol. The third-order valence-electron chi connectivity index (χ3n) is 5.25. The maximum atomic E-state index is 13.9. The molecule has 4 rings (SSSR count). The van der Waals surface area contributed by atoms with Gasteiger partial charge in [-0.1, -0.05) is 35.4 Å². The van der Waals surface area contributed by atoms with Gasteiger partial charge in [0, 0.05) is 16.8 Å². The van der Waals surface area contributed by atoms with E-state index in [1.807, 2.05) is 19.1 Å². The van der Waals surface area contributed by atoms with Crippen LogP contribution in [0.25, 0.3) is 16.7 Å². The zero-order chi connectivity index (χ0) is 24.6. The summed E-state index contributed by atoms with van der Waals surface area (Å²) in [6.07, 6.45) is -4.69. The molecule has 2 heterocycles. The number of carbonyl (C=O) groups is 1. The third-order valence-corrected chi connectivity index (χ3v) is 5.66. The number of alkyl halides is 3. The van der Waals surface area contributed by atoms with E-state index in [2.05, 4.69) is 15.4 Å². The number of halogens is 4. The first-order chi connectivity index (χ1) is 16.0. The van der Waals surface area contributed by atoms with Crippen LogP contribution >= 0.6 is 11.6 Å². The Morgan fingerprint density at radius 2 is 1.82 bits per heavy atom. The number of anilines is 1. The molecule has 1 amide bonds. The molecule has 0 saturated heterocycles. The standard InChI is InChI=1S/C24H20ClF3N4O2/c1-13-7-9-16(10-8-13)29-20(33)12-34-21-11-17(24(26,27)28)22-15(3)31-32(23(22)30-21)19-6-4-5-18(25)14(19)2/h4-11H,12H2,1-3H3,(H,29,33). The van der Waals surface area contributed by atoms with Crippen molar-refractivity contribution in [2.75, 3.05) is 11.9 Å². The highest BCUT2D eigenvalue weighted by Crippen LogP contribution is 2.38. The highest BCUT2D eigenvalue weighted by molar-refractivity contribution is 6.31. The Hall–Kier alpha value is -3.59. The average Bonchev–Trinajstić information content (AvgIpc) is 3.11. The first-order valence-electron chi connectivity index (χ1n) is 10.3. The quantitative estimate of drug-likeness (QED) is 0.372. The third kappa shape index (κ3) is 4.70. The molecule has 176 valence electrons. The van der Waals surface area contributed by atoms with Crippen LogP contribution in [0.2, 0.25) is 5.02 Å². The van der Waals surface area contributed by atoms with Crippen molar-refractivity contribution in [3.05, 3.63) is 75.9 Å². The number of nitrogens with zero attached hydrogens (tertiary/aromatic N) is 3. The molecule has 10 heteroatoms.